The minimum atomic E-state index is -0.490. The Morgan fingerprint density at radius 2 is 1.68 bits per heavy atom. The van der Waals surface area contributed by atoms with Gasteiger partial charge >= 0.3 is 0 Å². The summed E-state index contributed by atoms with van der Waals surface area (Å²) in [4.78, 5) is 0. The Labute approximate surface area is 117 Å². The zero-order valence-electron chi connectivity index (χ0n) is 13.0. The molecule has 108 valence electrons. The molecule has 0 spiro atoms. The third-order valence-electron chi connectivity index (χ3n) is 3.97. The van der Waals surface area contributed by atoms with Crippen molar-refractivity contribution >= 4 is 0 Å². The monoisotopic (exact) mass is 265 g/mol. The normalized spacial score (nSPS) is 14.5. The number of methoxy groups -OCH3 is 1. The lowest BCUT2D eigenvalue weighted by atomic mass is 9.88. The van der Waals surface area contributed by atoms with E-state index >= 15 is 0 Å². The van der Waals surface area contributed by atoms with E-state index in [0.717, 1.165) is 12.1 Å². The lowest BCUT2D eigenvalue weighted by Gasteiger charge is -2.25. The largest absolute Gasteiger partial charge is 0.387 e. The molecule has 0 aliphatic heterocycles. The number of hydrogen-bond donors (Lipinski definition) is 2. The predicted molar refractivity (Wildman–Crippen MR) is 79.7 cm³/mol. The second kappa shape index (κ2) is 7.04. The van der Waals surface area contributed by atoms with Crippen LogP contribution in [-0.2, 0) is 4.74 Å². The fourth-order valence-corrected chi connectivity index (χ4v) is 2.44. The smallest absolute Gasteiger partial charge is 0.0945 e. The quantitative estimate of drug-likeness (QED) is 0.777. The summed E-state index contributed by atoms with van der Waals surface area (Å²) in [5.41, 5.74) is 5.92. The number of aryl methyl sites for hydroxylation is 2. The molecule has 0 aliphatic rings. The van der Waals surface area contributed by atoms with Gasteiger partial charge in [-0.2, -0.15) is 0 Å². The first-order valence-electron chi connectivity index (χ1n) is 6.87. The van der Waals surface area contributed by atoms with Crippen LogP contribution in [-0.4, -0.2) is 31.4 Å². The second-order valence-electron chi connectivity index (χ2n) is 5.35. The van der Waals surface area contributed by atoms with Gasteiger partial charge in [0.15, 0.2) is 0 Å². The summed E-state index contributed by atoms with van der Waals surface area (Å²) >= 11 is 0. The highest BCUT2D eigenvalue weighted by Gasteiger charge is 2.21. The molecule has 0 saturated heterocycles. The lowest BCUT2D eigenvalue weighted by molar-refractivity contribution is 0.125. The van der Waals surface area contributed by atoms with Crippen molar-refractivity contribution in [2.75, 3.05) is 20.3 Å². The number of ether oxygens (including phenoxy) is 1. The van der Waals surface area contributed by atoms with Gasteiger partial charge in [0.2, 0.25) is 0 Å². The molecule has 19 heavy (non-hydrogen) atoms. The summed E-state index contributed by atoms with van der Waals surface area (Å²) in [6.45, 7) is 11.8. The summed E-state index contributed by atoms with van der Waals surface area (Å²) in [5, 5.41) is 13.9. The predicted octanol–water partition coefficient (Wildman–Crippen LogP) is 2.58. The number of aliphatic hydroxyl groups excluding tert-OH is 1. The van der Waals surface area contributed by atoms with Crippen molar-refractivity contribution in [2.45, 2.75) is 46.8 Å². The minimum Gasteiger partial charge on any atom is -0.387 e. The minimum absolute atomic E-state index is 0.00810. The third kappa shape index (κ3) is 3.78. The molecule has 2 unspecified atom stereocenters. The van der Waals surface area contributed by atoms with Gasteiger partial charge in [-0.15, -0.1) is 0 Å². The molecule has 0 bridgehead atoms. The summed E-state index contributed by atoms with van der Waals surface area (Å²) in [6, 6.07) is 2.19. The number of aliphatic hydroxyl groups is 1. The molecule has 2 N–H and O–H groups in total. The molecule has 2 atom stereocenters. The zero-order chi connectivity index (χ0) is 14.6. The van der Waals surface area contributed by atoms with Gasteiger partial charge in [-0.1, -0.05) is 6.07 Å². The van der Waals surface area contributed by atoms with Crippen LogP contribution in [0.5, 0.6) is 0 Å². The first-order chi connectivity index (χ1) is 8.90. The van der Waals surface area contributed by atoms with E-state index in [-0.39, 0.29) is 6.04 Å². The van der Waals surface area contributed by atoms with Gasteiger partial charge < -0.3 is 15.2 Å². The standard InChI is InChI=1S/C16H27NO2/c1-10-9-11(2)13(4)15(12(10)3)16(18)14(5)17-7-8-19-6/h9,14,16-18H,7-8H2,1-6H3. The number of hydrogen-bond acceptors (Lipinski definition) is 3. The molecule has 0 heterocycles. The van der Waals surface area contributed by atoms with Crippen molar-refractivity contribution in [1.82, 2.24) is 5.32 Å². The fourth-order valence-electron chi connectivity index (χ4n) is 2.44. The number of benzene rings is 1. The van der Waals surface area contributed by atoms with E-state index in [1.807, 2.05) is 6.92 Å². The highest BCUT2D eigenvalue weighted by molar-refractivity contribution is 5.45. The maximum atomic E-state index is 10.6. The van der Waals surface area contributed by atoms with Gasteiger partial charge in [0.05, 0.1) is 12.7 Å². The SMILES string of the molecule is COCCNC(C)C(O)c1c(C)c(C)cc(C)c1C. The molecular weight excluding hydrogens is 238 g/mol. The van der Waals surface area contributed by atoms with Crippen LogP contribution in [0.4, 0.5) is 0 Å². The fraction of sp³-hybridized carbons (Fsp3) is 0.625. The Morgan fingerprint density at radius 1 is 1.16 bits per heavy atom. The van der Waals surface area contributed by atoms with Gasteiger partial charge in [0, 0.05) is 19.7 Å². The van der Waals surface area contributed by atoms with Crippen molar-refractivity contribution in [3.63, 3.8) is 0 Å². The molecule has 3 nitrogen and oxygen atoms in total. The van der Waals surface area contributed by atoms with Crippen LogP contribution in [0.25, 0.3) is 0 Å². The van der Waals surface area contributed by atoms with Crippen molar-refractivity contribution < 1.29 is 9.84 Å². The molecular formula is C16H27NO2. The van der Waals surface area contributed by atoms with Crippen LogP contribution < -0.4 is 5.32 Å². The molecule has 3 heteroatoms. The second-order valence-corrected chi connectivity index (χ2v) is 5.35. The number of nitrogens with one attached hydrogen (secondary N) is 1. The molecule has 0 fully saturated rings. The molecule has 0 aromatic heterocycles. The van der Waals surface area contributed by atoms with Gasteiger partial charge in [-0.05, 0) is 62.4 Å². The van der Waals surface area contributed by atoms with E-state index in [1.165, 1.54) is 22.3 Å². The van der Waals surface area contributed by atoms with E-state index in [0.29, 0.717) is 6.61 Å². The average molecular weight is 265 g/mol. The first kappa shape index (κ1) is 16.2. The van der Waals surface area contributed by atoms with Gasteiger partial charge in [-0.25, -0.2) is 0 Å². The lowest BCUT2D eigenvalue weighted by Crippen LogP contribution is -2.35. The van der Waals surface area contributed by atoms with E-state index in [1.54, 1.807) is 7.11 Å². The molecule has 1 aromatic carbocycles. The van der Waals surface area contributed by atoms with Crippen molar-refractivity contribution in [1.29, 1.82) is 0 Å². The molecule has 1 rings (SSSR count). The van der Waals surface area contributed by atoms with Crippen LogP contribution in [0.1, 0.15) is 40.8 Å². The average Bonchev–Trinajstić information content (AvgIpc) is 2.36. The van der Waals surface area contributed by atoms with Crippen molar-refractivity contribution in [2.24, 2.45) is 0 Å². The maximum absolute atomic E-state index is 10.6. The van der Waals surface area contributed by atoms with E-state index in [4.69, 9.17) is 4.74 Å². The van der Waals surface area contributed by atoms with Crippen molar-refractivity contribution in [3.05, 3.63) is 33.9 Å². The molecule has 0 aliphatic carbocycles. The Balaban J connectivity index is 2.95. The van der Waals surface area contributed by atoms with E-state index < -0.39 is 6.10 Å². The Kier molecular flexibility index (Phi) is 5.98. The molecule has 1 aromatic rings. The van der Waals surface area contributed by atoms with Crippen LogP contribution in [0.15, 0.2) is 6.07 Å². The summed E-state index contributed by atoms with van der Waals surface area (Å²) < 4.78 is 5.02. The molecule has 0 amide bonds. The van der Waals surface area contributed by atoms with Gasteiger partial charge in [-0.3, -0.25) is 0 Å². The molecule has 0 saturated carbocycles. The van der Waals surface area contributed by atoms with Crippen LogP contribution in [0.3, 0.4) is 0 Å². The summed E-state index contributed by atoms with van der Waals surface area (Å²) in [7, 11) is 1.68. The highest BCUT2D eigenvalue weighted by Crippen LogP contribution is 2.29. The summed E-state index contributed by atoms with van der Waals surface area (Å²) in [6.07, 6.45) is -0.490. The summed E-state index contributed by atoms with van der Waals surface area (Å²) in [5.74, 6) is 0. The zero-order valence-corrected chi connectivity index (χ0v) is 13.0. The first-order valence-corrected chi connectivity index (χ1v) is 6.87. The van der Waals surface area contributed by atoms with E-state index in [9.17, 15) is 5.11 Å². The van der Waals surface area contributed by atoms with Gasteiger partial charge in [0.25, 0.3) is 0 Å². The maximum Gasteiger partial charge on any atom is 0.0945 e. The Bertz CT molecular complexity index is 403. The van der Waals surface area contributed by atoms with Crippen molar-refractivity contribution in [3.8, 4) is 0 Å². The Morgan fingerprint density at radius 3 is 2.16 bits per heavy atom. The Hall–Kier alpha value is -0.900. The molecule has 0 radical (unpaired) electrons. The number of rotatable bonds is 6. The van der Waals surface area contributed by atoms with E-state index in [2.05, 4.69) is 39.1 Å². The van der Waals surface area contributed by atoms with Crippen LogP contribution >= 0.6 is 0 Å². The third-order valence-corrected chi connectivity index (χ3v) is 3.97. The van der Waals surface area contributed by atoms with Gasteiger partial charge in [0.1, 0.15) is 0 Å². The topological polar surface area (TPSA) is 41.5 Å². The highest BCUT2D eigenvalue weighted by atomic mass is 16.5. The van der Waals surface area contributed by atoms with Crippen LogP contribution in [0, 0.1) is 27.7 Å². The van der Waals surface area contributed by atoms with Crippen LogP contribution in [0.2, 0.25) is 0 Å².